The highest BCUT2D eigenvalue weighted by atomic mass is 35.5. The number of carbonyl (C=O) groups excluding carboxylic acids is 2. The first-order valence-electron chi connectivity index (χ1n) is 11.9. The number of thiophene rings is 1. The molecule has 0 fully saturated rings. The summed E-state index contributed by atoms with van der Waals surface area (Å²) in [6.07, 6.45) is 3.65. The predicted octanol–water partition coefficient (Wildman–Crippen LogP) is 5.77. The molecule has 0 aliphatic heterocycles. The first-order chi connectivity index (χ1) is 17.4. The van der Waals surface area contributed by atoms with Gasteiger partial charge in [0.1, 0.15) is 17.4 Å². The molecule has 1 aliphatic carbocycles. The topological polar surface area (TPSA) is 95.3 Å². The Morgan fingerprint density at radius 1 is 1.19 bits per heavy atom. The molecule has 11 heteroatoms. The summed E-state index contributed by atoms with van der Waals surface area (Å²) in [7, 11) is 0. The molecule has 0 saturated heterocycles. The average molecular weight is 549 g/mol. The number of halogens is 1. The zero-order chi connectivity index (χ0) is 25.7. The number of nitrogens with one attached hydrogen (secondary N) is 1. The first kappa shape index (κ1) is 26.5. The second-order valence-electron chi connectivity index (χ2n) is 8.59. The number of nitrogens with zero attached hydrogens (tertiary/aromatic N) is 3. The van der Waals surface area contributed by atoms with Gasteiger partial charge in [0.05, 0.1) is 17.4 Å². The molecule has 36 heavy (non-hydrogen) atoms. The molecular weight excluding hydrogens is 520 g/mol. The fourth-order valence-electron chi connectivity index (χ4n) is 3.96. The van der Waals surface area contributed by atoms with Crippen molar-refractivity contribution in [2.24, 2.45) is 0 Å². The normalized spacial score (nSPS) is 12.9. The molecule has 1 aliphatic rings. The summed E-state index contributed by atoms with van der Waals surface area (Å²) in [5, 5.41) is 13.3. The monoisotopic (exact) mass is 548 g/mol. The second kappa shape index (κ2) is 12.1. The Kier molecular flexibility index (Phi) is 8.92. The Balaban J connectivity index is 1.40. The van der Waals surface area contributed by atoms with Gasteiger partial charge in [0.25, 0.3) is 0 Å². The standard InChI is InChI=1S/C25H29ClN4O4S2/c1-4-30-20(13-33-17-11-9-16(26)10-12-17)28-29-25(30)35-14-21(31)27-23-22(24(32)34-15(2)3)18-7-5-6-8-19(18)36-23/h9-12,15H,4-8,13-14H2,1-3H3,(H,27,31). The van der Waals surface area contributed by atoms with Crippen molar-refractivity contribution in [1.29, 1.82) is 0 Å². The summed E-state index contributed by atoms with van der Waals surface area (Å²) in [6.45, 7) is 6.52. The van der Waals surface area contributed by atoms with Crippen LogP contribution in [0.15, 0.2) is 29.4 Å². The first-order valence-corrected chi connectivity index (χ1v) is 14.1. The zero-order valence-corrected chi connectivity index (χ0v) is 22.9. The van der Waals surface area contributed by atoms with Gasteiger partial charge >= 0.3 is 5.97 Å². The Bertz CT molecular complexity index is 1220. The van der Waals surface area contributed by atoms with E-state index in [1.54, 1.807) is 24.3 Å². The summed E-state index contributed by atoms with van der Waals surface area (Å²) >= 11 is 8.70. The van der Waals surface area contributed by atoms with Crippen molar-refractivity contribution >= 4 is 51.6 Å². The number of amides is 1. The maximum Gasteiger partial charge on any atom is 0.341 e. The van der Waals surface area contributed by atoms with E-state index in [-0.39, 0.29) is 30.3 Å². The number of hydrogen-bond donors (Lipinski definition) is 1. The fourth-order valence-corrected chi connectivity index (χ4v) is 6.21. The number of rotatable bonds is 10. The molecule has 0 unspecified atom stereocenters. The zero-order valence-electron chi connectivity index (χ0n) is 20.5. The Morgan fingerprint density at radius 2 is 1.94 bits per heavy atom. The summed E-state index contributed by atoms with van der Waals surface area (Å²) in [5.41, 5.74) is 1.54. The minimum absolute atomic E-state index is 0.136. The number of hydrogen-bond acceptors (Lipinski definition) is 8. The molecule has 1 N–H and O–H groups in total. The summed E-state index contributed by atoms with van der Waals surface area (Å²) in [6, 6.07) is 7.11. The summed E-state index contributed by atoms with van der Waals surface area (Å²) in [4.78, 5) is 26.9. The van der Waals surface area contributed by atoms with Crippen LogP contribution in [0.5, 0.6) is 5.75 Å². The van der Waals surface area contributed by atoms with E-state index in [0.717, 1.165) is 36.1 Å². The van der Waals surface area contributed by atoms with E-state index in [2.05, 4.69) is 15.5 Å². The molecule has 0 bridgehead atoms. The number of ether oxygens (including phenoxy) is 2. The van der Waals surface area contributed by atoms with Gasteiger partial charge < -0.3 is 19.4 Å². The molecule has 0 atom stereocenters. The van der Waals surface area contributed by atoms with Crippen LogP contribution in [0, 0.1) is 0 Å². The molecule has 2 aromatic heterocycles. The van der Waals surface area contributed by atoms with Gasteiger partial charge in [0, 0.05) is 16.4 Å². The van der Waals surface area contributed by atoms with Crippen molar-refractivity contribution in [1.82, 2.24) is 14.8 Å². The van der Waals surface area contributed by atoms with Gasteiger partial charge in [-0.05, 0) is 76.3 Å². The molecule has 1 amide bonds. The van der Waals surface area contributed by atoms with E-state index in [0.29, 0.717) is 38.9 Å². The van der Waals surface area contributed by atoms with Crippen LogP contribution in [-0.4, -0.2) is 38.5 Å². The number of carbonyl (C=O) groups is 2. The maximum atomic E-state index is 12.9. The molecule has 4 rings (SSSR count). The lowest BCUT2D eigenvalue weighted by atomic mass is 9.95. The summed E-state index contributed by atoms with van der Waals surface area (Å²) in [5.74, 6) is 0.909. The number of esters is 1. The van der Waals surface area contributed by atoms with Crippen molar-refractivity contribution in [3.8, 4) is 5.75 Å². The van der Waals surface area contributed by atoms with E-state index in [9.17, 15) is 9.59 Å². The van der Waals surface area contributed by atoms with E-state index in [1.165, 1.54) is 23.1 Å². The second-order valence-corrected chi connectivity index (χ2v) is 11.1. The minimum Gasteiger partial charge on any atom is -0.486 e. The van der Waals surface area contributed by atoms with Crippen LogP contribution < -0.4 is 10.1 Å². The SMILES string of the molecule is CCn1c(COc2ccc(Cl)cc2)nnc1SCC(=O)Nc1sc2c(c1C(=O)OC(C)C)CCCC2. The van der Waals surface area contributed by atoms with Gasteiger partial charge in [0.2, 0.25) is 5.91 Å². The fraction of sp³-hybridized carbons (Fsp3) is 0.440. The molecule has 8 nitrogen and oxygen atoms in total. The maximum absolute atomic E-state index is 12.9. The molecule has 192 valence electrons. The highest BCUT2D eigenvalue weighted by molar-refractivity contribution is 7.99. The van der Waals surface area contributed by atoms with E-state index < -0.39 is 0 Å². The van der Waals surface area contributed by atoms with E-state index >= 15 is 0 Å². The highest BCUT2D eigenvalue weighted by Gasteiger charge is 2.28. The molecule has 1 aromatic carbocycles. The van der Waals surface area contributed by atoms with Crippen LogP contribution >= 0.6 is 34.7 Å². The van der Waals surface area contributed by atoms with Crippen molar-refractivity contribution in [2.45, 2.75) is 70.9 Å². The van der Waals surface area contributed by atoms with Gasteiger partial charge in [-0.25, -0.2) is 4.79 Å². The van der Waals surface area contributed by atoms with Gasteiger partial charge in [-0.3, -0.25) is 4.79 Å². The van der Waals surface area contributed by atoms with Crippen molar-refractivity contribution in [3.63, 3.8) is 0 Å². The van der Waals surface area contributed by atoms with Gasteiger partial charge in [-0.15, -0.1) is 21.5 Å². The molecule has 0 saturated carbocycles. The molecule has 2 heterocycles. The molecule has 0 radical (unpaired) electrons. The molecule has 0 spiro atoms. The number of fused-ring (bicyclic) bond motifs is 1. The van der Waals surface area contributed by atoms with Crippen LogP contribution in [0.25, 0.3) is 0 Å². The number of thioether (sulfide) groups is 1. The third-order valence-electron chi connectivity index (χ3n) is 5.59. The smallest absolute Gasteiger partial charge is 0.341 e. The molecule has 3 aromatic rings. The highest BCUT2D eigenvalue weighted by Crippen LogP contribution is 2.39. The van der Waals surface area contributed by atoms with E-state index in [1.807, 2.05) is 25.3 Å². The van der Waals surface area contributed by atoms with Crippen molar-refractivity contribution in [2.75, 3.05) is 11.1 Å². The van der Waals surface area contributed by atoms with Crippen LogP contribution in [0.1, 0.15) is 60.2 Å². The van der Waals surface area contributed by atoms with Crippen LogP contribution in [0.4, 0.5) is 5.00 Å². The number of aryl methyl sites for hydroxylation is 1. The van der Waals surface area contributed by atoms with E-state index in [4.69, 9.17) is 21.1 Å². The molecular formula is C25H29ClN4O4S2. The van der Waals surface area contributed by atoms with Crippen LogP contribution in [0.2, 0.25) is 5.02 Å². The Hall–Kier alpha value is -2.56. The number of benzene rings is 1. The number of aromatic nitrogens is 3. The van der Waals surface area contributed by atoms with Crippen molar-refractivity contribution < 1.29 is 19.1 Å². The van der Waals surface area contributed by atoms with Gasteiger partial charge in [-0.2, -0.15) is 0 Å². The van der Waals surface area contributed by atoms with Gasteiger partial charge in [0.15, 0.2) is 11.0 Å². The number of anilines is 1. The van der Waals surface area contributed by atoms with Crippen molar-refractivity contribution in [3.05, 3.63) is 51.1 Å². The lowest BCUT2D eigenvalue weighted by Crippen LogP contribution is -2.19. The third-order valence-corrected chi connectivity index (χ3v) is 8.02. The lowest BCUT2D eigenvalue weighted by Gasteiger charge is -2.14. The van der Waals surface area contributed by atoms with Crippen LogP contribution in [-0.2, 0) is 35.5 Å². The Morgan fingerprint density at radius 3 is 2.67 bits per heavy atom. The Labute approximate surface area is 223 Å². The quantitative estimate of drug-likeness (QED) is 0.254. The van der Waals surface area contributed by atoms with Crippen LogP contribution in [0.3, 0.4) is 0 Å². The lowest BCUT2D eigenvalue weighted by molar-refractivity contribution is -0.113. The minimum atomic E-state index is -0.372. The third kappa shape index (κ3) is 6.41. The largest absolute Gasteiger partial charge is 0.486 e. The van der Waals surface area contributed by atoms with Gasteiger partial charge in [-0.1, -0.05) is 23.4 Å². The predicted molar refractivity (Wildman–Crippen MR) is 142 cm³/mol. The summed E-state index contributed by atoms with van der Waals surface area (Å²) < 4.78 is 13.2. The average Bonchev–Trinajstić information content (AvgIpc) is 3.42.